The number of aromatic amines is 1. The van der Waals surface area contributed by atoms with E-state index in [1.807, 2.05) is 6.07 Å². The van der Waals surface area contributed by atoms with Gasteiger partial charge in [-0.25, -0.2) is 4.79 Å². The molecule has 0 spiro atoms. The molecule has 0 saturated carbocycles. The van der Waals surface area contributed by atoms with E-state index in [0.29, 0.717) is 19.1 Å². The molecule has 2 amide bonds. The Morgan fingerprint density at radius 1 is 1.50 bits per heavy atom. The number of amides is 2. The first-order valence-electron chi connectivity index (χ1n) is 6.49. The maximum atomic E-state index is 11.6. The molecular weight excluding hydrogens is 230 g/mol. The molecule has 2 rings (SSSR count). The monoisotopic (exact) mass is 251 g/mol. The summed E-state index contributed by atoms with van der Waals surface area (Å²) >= 11 is 0. The highest BCUT2D eigenvalue weighted by molar-refractivity contribution is 5.73. The number of urea groups is 1. The largest absolute Gasteiger partial charge is 0.337 e. The number of carbonyl (C=O) groups is 1. The molecule has 0 bridgehead atoms. The summed E-state index contributed by atoms with van der Waals surface area (Å²) < 4.78 is 0. The minimum Gasteiger partial charge on any atom is -0.337 e. The third-order valence-corrected chi connectivity index (χ3v) is 3.32. The first-order chi connectivity index (χ1) is 8.75. The molecule has 1 atom stereocenters. The van der Waals surface area contributed by atoms with Gasteiger partial charge in [-0.15, -0.1) is 0 Å². The maximum Gasteiger partial charge on any atom is 0.315 e. The lowest BCUT2D eigenvalue weighted by Crippen LogP contribution is -2.44. The highest BCUT2D eigenvalue weighted by Crippen LogP contribution is 2.10. The Morgan fingerprint density at radius 3 is 2.94 bits per heavy atom. The fourth-order valence-corrected chi connectivity index (χ4v) is 2.17. The van der Waals surface area contributed by atoms with Crippen LogP contribution in [-0.2, 0) is 6.54 Å². The van der Waals surface area contributed by atoms with Crippen LogP contribution in [-0.4, -0.2) is 46.8 Å². The van der Waals surface area contributed by atoms with E-state index in [-0.39, 0.29) is 6.03 Å². The molecule has 1 aromatic rings. The molecule has 0 unspecified atom stereocenters. The minimum atomic E-state index is -0.129. The van der Waals surface area contributed by atoms with Crippen molar-refractivity contribution in [1.29, 1.82) is 0 Å². The normalized spacial score (nSPS) is 17.6. The lowest BCUT2D eigenvalue weighted by Gasteiger charge is -2.23. The second-order valence-corrected chi connectivity index (χ2v) is 4.74. The SMILES string of the molecule is C[C@H](CNC(=O)NCc1ccn[nH]1)N1CCCC1. The summed E-state index contributed by atoms with van der Waals surface area (Å²) in [5.41, 5.74) is 0.901. The number of carbonyl (C=O) groups excluding carboxylic acids is 1. The lowest BCUT2D eigenvalue weighted by atomic mass is 10.3. The number of nitrogens with zero attached hydrogens (tertiary/aromatic N) is 2. The third kappa shape index (κ3) is 3.73. The number of aromatic nitrogens is 2. The van der Waals surface area contributed by atoms with Gasteiger partial charge in [0.05, 0.1) is 12.2 Å². The van der Waals surface area contributed by atoms with Crippen LogP contribution in [0.15, 0.2) is 12.3 Å². The van der Waals surface area contributed by atoms with Crippen molar-refractivity contribution in [1.82, 2.24) is 25.7 Å². The fourth-order valence-electron chi connectivity index (χ4n) is 2.17. The standard InChI is InChI=1S/C12H21N5O/c1-10(17-6-2-3-7-17)8-13-12(18)14-9-11-4-5-15-16-11/h4-5,10H,2-3,6-9H2,1H3,(H,15,16)(H2,13,14,18)/t10-/m1/s1. The van der Waals surface area contributed by atoms with E-state index in [2.05, 4.69) is 32.7 Å². The van der Waals surface area contributed by atoms with E-state index < -0.39 is 0 Å². The van der Waals surface area contributed by atoms with Crippen molar-refractivity contribution in [2.24, 2.45) is 0 Å². The summed E-state index contributed by atoms with van der Waals surface area (Å²) in [5, 5.41) is 12.3. The van der Waals surface area contributed by atoms with Crippen LogP contribution in [0.3, 0.4) is 0 Å². The zero-order valence-corrected chi connectivity index (χ0v) is 10.8. The summed E-state index contributed by atoms with van der Waals surface area (Å²) in [6, 6.07) is 2.12. The lowest BCUT2D eigenvalue weighted by molar-refractivity contribution is 0.226. The third-order valence-electron chi connectivity index (χ3n) is 3.32. The number of nitrogens with one attached hydrogen (secondary N) is 3. The van der Waals surface area contributed by atoms with Crippen molar-refractivity contribution >= 4 is 6.03 Å². The van der Waals surface area contributed by atoms with E-state index in [0.717, 1.165) is 18.8 Å². The van der Waals surface area contributed by atoms with Gasteiger partial charge in [-0.05, 0) is 38.9 Å². The van der Waals surface area contributed by atoms with Gasteiger partial charge in [-0.3, -0.25) is 10.00 Å². The molecular formula is C12H21N5O. The van der Waals surface area contributed by atoms with Gasteiger partial charge in [0.1, 0.15) is 0 Å². The number of hydrogen-bond donors (Lipinski definition) is 3. The van der Waals surface area contributed by atoms with Gasteiger partial charge >= 0.3 is 6.03 Å². The highest BCUT2D eigenvalue weighted by Gasteiger charge is 2.18. The zero-order valence-electron chi connectivity index (χ0n) is 10.8. The molecule has 100 valence electrons. The van der Waals surface area contributed by atoms with Crippen molar-refractivity contribution in [3.63, 3.8) is 0 Å². The topological polar surface area (TPSA) is 73.0 Å². The summed E-state index contributed by atoms with van der Waals surface area (Å²) in [5.74, 6) is 0. The minimum absolute atomic E-state index is 0.129. The van der Waals surface area contributed by atoms with Crippen LogP contribution in [0.4, 0.5) is 4.79 Å². The van der Waals surface area contributed by atoms with Gasteiger partial charge in [0.25, 0.3) is 0 Å². The molecule has 0 aliphatic carbocycles. The molecule has 6 nitrogen and oxygen atoms in total. The van der Waals surface area contributed by atoms with E-state index in [1.165, 1.54) is 12.8 Å². The van der Waals surface area contributed by atoms with Crippen molar-refractivity contribution in [3.05, 3.63) is 18.0 Å². The van der Waals surface area contributed by atoms with Crippen LogP contribution in [0.2, 0.25) is 0 Å². The summed E-state index contributed by atoms with van der Waals surface area (Å²) in [6.45, 7) is 5.62. The van der Waals surface area contributed by atoms with Crippen LogP contribution < -0.4 is 10.6 Å². The van der Waals surface area contributed by atoms with Gasteiger partial charge in [0.2, 0.25) is 0 Å². The number of H-pyrrole nitrogens is 1. The van der Waals surface area contributed by atoms with E-state index in [9.17, 15) is 4.79 Å². The summed E-state index contributed by atoms with van der Waals surface area (Å²) in [7, 11) is 0. The van der Waals surface area contributed by atoms with Crippen LogP contribution >= 0.6 is 0 Å². The van der Waals surface area contributed by atoms with Gasteiger partial charge in [0.15, 0.2) is 0 Å². The van der Waals surface area contributed by atoms with Crippen molar-refractivity contribution in [3.8, 4) is 0 Å². The number of rotatable bonds is 5. The number of likely N-dealkylation sites (tertiary alicyclic amines) is 1. The fraction of sp³-hybridized carbons (Fsp3) is 0.667. The molecule has 0 aromatic carbocycles. The van der Waals surface area contributed by atoms with E-state index in [1.54, 1.807) is 6.20 Å². The quantitative estimate of drug-likeness (QED) is 0.721. The van der Waals surface area contributed by atoms with Gasteiger partial charge in [0, 0.05) is 18.8 Å². The van der Waals surface area contributed by atoms with Crippen LogP contribution in [0.1, 0.15) is 25.5 Å². The molecule has 6 heteroatoms. The van der Waals surface area contributed by atoms with Crippen LogP contribution in [0, 0.1) is 0 Å². The second-order valence-electron chi connectivity index (χ2n) is 4.74. The first kappa shape index (κ1) is 12.9. The molecule has 1 aliphatic heterocycles. The molecule has 18 heavy (non-hydrogen) atoms. The van der Waals surface area contributed by atoms with Crippen molar-refractivity contribution in [2.45, 2.75) is 32.4 Å². The smallest absolute Gasteiger partial charge is 0.315 e. The van der Waals surface area contributed by atoms with Gasteiger partial charge in [-0.1, -0.05) is 0 Å². The molecule has 3 N–H and O–H groups in total. The van der Waals surface area contributed by atoms with E-state index >= 15 is 0 Å². The molecule has 1 saturated heterocycles. The first-order valence-corrected chi connectivity index (χ1v) is 6.49. The Balaban J connectivity index is 1.62. The molecule has 1 aliphatic rings. The zero-order chi connectivity index (χ0) is 12.8. The Hall–Kier alpha value is -1.56. The van der Waals surface area contributed by atoms with E-state index in [4.69, 9.17) is 0 Å². The average Bonchev–Trinajstić information content (AvgIpc) is 3.05. The maximum absolute atomic E-state index is 11.6. The van der Waals surface area contributed by atoms with Crippen molar-refractivity contribution < 1.29 is 4.79 Å². The van der Waals surface area contributed by atoms with Gasteiger partial charge in [-0.2, -0.15) is 5.10 Å². The van der Waals surface area contributed by atoms with Crippen LogP contribution in [0.25, 0.3) is 0 Å². The molecule has 0 radical (unpaired) electrons. The number of hydrogen-bond acceptors (Lipinski definition) is 3. The van der Waals surface area contributed by atoms with Crippen molar-refractivity contribution in [2.75, 3.05) is 19.6 Å². The Bertz CT molecular complexity index is 359. The average molecular weight is 251 g/mol. The highest BCUT2D eigenvalue weighted by atomic mass is 16.2. The van der Waals surface area contributed by atoms with Gasteiger partial charge < -0.3 is 10.6 Å². The molecule has 1 fully saturated rings. The predicted molar refractivity (Wildman–Crippen MR) is 69.1 cm³/mol. The Morgan fingerprint density at radius 2 is 2.28 bits per heavy atom. The Kier molecular flexibility index (Phi) is 4.58. The summed E-state index contributed by atoms with van der Waals surface area (Å²) in [4.78, 5) is 14.0. The second kappa shape index (κ2) is 6.39. The van der Waals surface area contributed by atoms with Crippen LogP contribution in [0.5, 0.6) is 0 Å². The predicted octanol–water partition coefficient (Wildman–Crippen LogP) is 0.693. The summed E-state index contributed by atoms with van der Waals surface area (Å²) in [6.07, 6.45) is 4.22. The molecule has 2 heterocycles. The molecule has 1 aromatic heterocycles. The Labute approximate surface area is 107 Å².